The number of halogens is 1. The van der Waals surface area contributed by atoms with Crippen LogP contribution < -0.4 is 0 Å². The van der Waals surface area contributed by atoms with Gasteiger partial charge in [-0.25, -0.2) is 0 Å². The monoisotopic (exact) mass is 282 g/mol. The van der Waals surface area contributed by atoms with Crippen molar-refractivity contribution in [1.82, 2.24) is 0 Å². The quantitative estimate of drug-likeness (QED) is 0.632. The van der Waals surface area contributed by atoms with Gasteiger partial charge in [-0.05, 0) is 17.9 Å². The van der Waals surface area contributed by atoms with Crippen LogP contribution in [-0.2, 0) is 5.41 Å². The minimum Gasteiger partial charge on any atom is -0.0918 e. The van der Waals surface area contributed by atoms with Crippen molar-refractivity contribution in [3.05, 3.63) is 35.9 Å². The van der Waals surface area contributed by atoms with Crippen LogP contribution in [0.2, 0.25) is 0 Å². The van der Waals surface area contributed by atoms with Crippen LogP contribution in [-0.4, -0.2) is 5.33 Å². The van der Waals surface area contributed by atoms with Crippen molar-refractivity contribution in [2.45, 2.75) is 45.4 Å². The summed E-state index contributed by atoms with van der Waals surface area (Å²) in [6.45, 7) is 6.97. The Balaban J connectivity index is 3.05. The van der Waals surface area contributed by atoms with Gasteiger partial charge in [0.1, 0.15) is 0 Å². The summed E-state index contributed by atoms with van der Waals surface area (Å²) in [5, 5.41) is 1.06. The molecule has 0 heterocycles. The highest BCUT2D eigenvalue weighted by Gasteiger charge is 2.34. The summed E-state index contributed by atoms with van der Waals surface area (Å²) in [5.74, 6) is 0.726. The van der Waals surface area contributed by atoms with E-state index < -0.39 is 0 Å². The number of hydrogen-bond donors (Lipinski definition) is 0. The maximum atomic E-state index is 3.74. The molecule has 0 aromatic heterocycles. The highest BCUT2D eigenvalue weighted by atomic mass is 79.9. The molecule has 2 atom stereocenters. The lowest BCUT2D eigenvalue weighted by Crippen LogP contribution is -2.35. The van der Waals surface area contributed by atoms with Crippen molar-refractivity contribution < 1.29 is 0 Å². The van der Waals surface area contributed by atoms with Gasteiger partial charge in [0.25, 0.3) is 0 Å². The third-order valence-corrected chi connectivity index (χ3v) is 4.88. The molecule has 0 N–H and O–H groups in total. The molecule has 0 saturated heterocycles. The van der Waals surface area contributed by atoms with Crippen LogP contribution in [0.5, 0.6) is 0 Å². The van der Waals surface area contributed by atoms with Crippen molar-refractivity contribution in [3.8, 4) is 0 Å². The van der Waals surface area contributed by atoms with Gasteiger partial charge in [0.15, 0.2) is 0 Å². The third-order valence-electron chi connectivity index (χ3n) is 3.88. The summed E-state index contributed by atoms with van der Waals surface area (Å²) < 4.78 is 0. The molecule has 0 saturated carbocycles. The molecular formula is C15H23Br. The smallest absolute Gasteiger partial charge is 0.0131 e. The van der Waals surface area contributed by atoms with Gasteiger partial charge >= 0.3 is 0 Å². The highest BCUT2D eigenvalue weighted by Crippen LogP contribution is 2.39. The predicted octanol–water partition coefficient (Wildman–Crippen LogP) is 5.17. The molecule has 0 radical (unpaired) electrons. The molecule has 0 aliphatic rings. The summed E-state index contributed by atoms with van der Waals surface area (Å²) in [7, 11) is 0. The fourth-order valence-corrected chi connectivity index (χ4v) is 3.89. The van der Waals surface area contributed by atoms with Gasteiger partial charge in [-0.15, -0.1) is 0 Å². The average Bonchev–Trinajstić information content (AvgIpc) is 2.33. The normalized spacial score (nSPS) is 16.8. The van der Waals surface area contributed by atoms with E-state index in [2.05, 4.69) is 67.0 Å². The van der Waals surface area contributed by atoms with Gasteiger partial charge in [0.05, 0.1) is 0 Å². The van der Waals surface area contributed by atoms with Crippen LogP contribution >= 0.6 is 15.9 Å². The molecular weight excluding hydrogens is 260 g/mol. The van der Waals surface area contributed by atoms with Gasteiger partial charge in [-0.1, -0.05) is 79.9 Å². The Morgan fingerprint density at radius 2 is 1.81 bits per heavy atom. The summed E-state index contributed by atoms with van der Waals surface area (Å²) >= 11 is 3.74. The molecule has 1 rings (SSSR count). The van der Waals surface area contributed by atoms with Crippen molar-refractivity contribution >= 4 is 15.9 Å². The van der Waals surface area contributed by atoms with Gasteiger partial charge < -0.3 is 0 Å². The zero-order chi connectivity index (χ0) is 12.0. The Morgan fingerprint density at radius 1 is 1.19 bits per heavy atom. The topological polar surface area (TPSA) is 0 Å². The lowest BCUT2D eigenvalue weighted by molar-refractivity contribution is 0.293. The molecule has 1 aromatic carbocycles. The Labute approximate surface area is 109 Å². The highest BCUT2D eigenvalue weighted by molar-refractivity contribution is 9.09. The van der Waals surface area contributed by atoms with Gasteiger partial charge in [0, 0.05) is 10.7 Å². The van der Waals surface area contributed by atoms with E-state index in [0.717, 1.165) is 11.2 Å². The Hall–Kier alpha value is -0.300. The molecule has 1 aromatic rings. The van der Waals surface area contributed by atoms with Crippen molar-refractivity contribution in [1.29, 1.82) is 0 Å². The molecule has 1 heteroatoms. The third kappa shape index (κ3) is 2.68. The molecule has 0 aliphatic heterocycles. The van der Waals surface area contributed by atoms with E-state index in [1.165, 1.54) is 24.8 Å². The molecule has 0 bridgehead atoms. The predicted molar refractivity (Wildman–Crippen MR) is 76.3 cm³/mol. The van der Waals surface area contributed by atoms with Crippen LogP contribution in [0.25, 0.3) is 0 Å². The first kappa shape index (κ1) is 13.8. The maximum absolute atomic E-state index is 3.74. The number of alkyl halides is 1. The molecule has 0 aliphatic carbocycles. The van der Waals surface area contributed by atoms with E-state index in [9.17, 15) is 0 Å². The number of hydrogen-bond acceptors (Lipinski definition) is 0. The molecule has 0 spiro atoms. The first-order valence-corrected chi connectivity index (χ1v) is 7.45. The largest absolute Gasteiger partial charge is 0.0918 e. The first-order chi connectivity index (χ1) is 7.71. The first-order valence-electron chi connectivity index (χ1n) is 6.32. The van der Waals surface area contributed by atoms with E-state index in [4.69, 9.17) is 0 Å². The van der Waals surface area contributed by atoms with Gasteiger partial charge in [-0.3, -0.25) is 0 Å². The Kier molecular flexibility index (Phi) is 5.54. The van der Waals surface area contributed by atoms with Crippen molar-refractivity contribution in [3.63, 3.8) is 0 Å². The molecule has 0 amide bonds. The van der Waals surface area contributed by atoms with Crippen LogP contribution in [0, 0.1) is 5.92 Å². The molecule has 16 heavy (non-hydrogen) atoms. The van der Waals surface area contributed by atoms with Crippen LogP contribution in [0.15, 0.2) is 30.3 Å². The van der Waals surface area contributed by atoms with Crippen molar-refractivity contribution in [2.24, 2.45) is 5.92 Å². The SMILES string of the molecule is CCCC(C)C(CC)(CBr)c1ccccc1. The zero-order valence-corrected chi connectivity index (χ0v) is 12.3. The Morgan fingerprint density at radius 3 is 2.25 bits per heavy atom. The standard InChI is InChI=1S/C15H23Br/c1-4-9-13(3)15(5-2,12-16)14-10-7-6-8-11-14/h6-8,10-11,13H,4-5,9,12H2,1-3H3. The molecule has 0 fully saturated rings. The van der Waals surface area contributed by atoms with E-state index in [1.807, 2.05) is 0 Å². The van der Waals surface area contributed by atoms with Gasteiger partial charge in [0.2, 0.25) is 0 Å². The van der Waals surface area contributed by atoms with Crippen molar-refractivity contribution in [2.75, 3.05) is 5.33 Å². The van der Waals surface area contributed by atoms with E-state index in [0.29, 0.717) is 5.41 Å². The minimum absolute atomic E-state index is 0.303. The van der Waals surface area contributed by atoms with E-state index >= 15 is 0 Å². The number of benzene rings is 1. The second-order valence-corrected chi connectivity index (χ2v) is 5.26. The van der Waals surface area contributed by atoms with Gasteiger partial charge in [-0.2, -0.15) is 0 Å². The summed E-state index contributed by atoms with van der Waals surface area (Å²) in [5.41, 5.74) is 1.78. The second-order valence-electron chi connectivity index (χ2n) is 4.70. The van der Waals surface area contributed by atoms with Crippen LogP contribution in [0.1, 0.15) is 45.6 Å². The summed E-state index contributed by atoms with van der Waals surface area (Å²) in [6.07, 6.45) is 3.76. The fraction of sp³-hybridized carbons (Fsp3) is 0.600. The van der Waals surface area contributed by atoms with E-state index in [-0.39, 0.29) is 0 Å². The molecule has 90 valence electrons. The van der Waals surface area contributed by atoms with Crippen LogP contribution in [0.3, 0.4) is 0 Å². The molecule has 0 nitrogen and oxygen atoms in total. The maximum Gasteiger partial charge on any atom is 0.0131 e. The minimum atomic E-state index is 0.303. The number of rotatable bonds is 6. The average molecular weight is 283 g/mol. The summed E-state index contributed by atoms with van der Waals surface area (Å²) in [4.78, 5) is 0. The lowest BCUT2D eigenvalue weighted by Gasteiger charge is -2.38. The fourth-order valence-electron chi connectivity index (χ4n) is 2.62. The van der Waals surface area contributed by atoms with E-state index in [1.54, 1.807) is 0 Å². The lowest BCUT2D eigenvalue weighted by atomic mass is 9.69. The Bertz CT molecular complexity index is 288. The zero-order valence-electron chi connectivity index (χ0n) is 10.7. The molecule has 2 unspecified atom stereocenters. The van der Waals surface area contributed by atoms with Crippen LogP contribution in [0.4, 0.5) is 0 Å². The summed E-state index contributed by atoms with van der Waals surface area (Å²) in [6, 6.07) is 11.0. The second kappa shape index (κ2) is 6.44.